The lowest BCUT2D eigenvalue weighted by atomic mass is 10.2. The molecule has 1 aromatic rings. The molecule has 1 N–H and O–H groups in total. The molecule has 0 bridgehead atoms. The van der Waals surface area contributed by atoms with E-state index in [1.807, 2.05) is 4.90 Å². The molecule has 0 unspecified atom stereocenters. The van der Waals surface area contributed by atoms with Crippen LogP contribution in [0.1, 0.15) is 18.1 Å². The lowest BCUT2D eigenvalue weighted by molar-refractivity contribution is -0.131. The van der Waals surface area contributed by atoms with Crippen LogP contribution in [-0.2, 0) is 4.79 Å². The van der Waals surface area contributed by atoms with Crippen molar-refractivity contribution in [2.24, 2.45) is 0 Å². The van der Waals surface area contributed by atoms with Gasteiger partial charge in [0.2, 0.25) is 5.91 Å². The van der Waals surface area contributed by atoms with Crippen molar-refractivity contribution in [3.8, 4) is 0 Å². The van der Waals surface area contributed by atoms with Crippen LogP contribution >= 0.6 is 24.2 Å². The number of nitrogens with zero attached hydrogens (tertiary/aromatic N) is 1. The van der Waals surface area contributed by atoms with Gasteiger partial charge in [-0.2, -0.15) is 0 Å². The highest BCUT2D eigenvalue weighted by molar-refractivity contribution is 8.00. The number of thioether (sulfide) groups is 1. The number of hydrogen-bond acceptors (Lipinski definition) is 3. The van der Waals surface area contributed by atoms with Crippen LogP contribution in [0.25, 0.3) is 0 Å². The van der Waals surface area contributed by atoms with E-state index in [0.717, 1.165) is 19.6 Å². The fourth-order valence-corrected chi connectivity index (χ4v) is 3.29. The summed E-state index contributed by atoms with van der Waals surface area (Å²) in [4.78, 5) is 15.4. The lowest BCUT2D eigenvalue weighted by Gasteiger charge is -2.34. The van der Waals surface area contributed by atoms with Crippen LogP contribution < -0.4 is 5.32 Å². The van der Waals surface area contributed by atoms with Crippen molar-refractivity contribution in [1.29, 1.82) is 0 Å². The Kier molecular flexibility index (Phi) is 6.86. The average Bonchev–Trinajstić information content (AvgIpc) is 2.38. The highest BCUT2D eigenvalue weighted by Crippen LogP contribution is 2.23. The van der Waals surface area contributed by atoms with E-state index in [1.54, 1.807) is 11.8 Å². The first kappa shape index (κ1) is 17.3. The Morgan fingerprint density at radius 2 is 2.20 bits per heavy atom. The van der Waals surface area contributed by atoms with Gasteiger partial charge < -0.3 is 10.2 Å². The SMILES string of the molecule is Cc1ccc(SCC(=O)N2CCNC[C@H]2C)c(C)c1.Cl. The maximum atomic E-state index is 12.2. The van der Waals surface area contributed by atoms with Crippen molar-refractivity contribution >= 4 is 30.1 Å². The van der Waals surface area contributed by atoms with Crippen molar-refractivity contribution in [3.63, 3.8) is 0 Å². The summed E-state index contributed by atoms with van der Waals surface area (Å²) >= 11 is 1.65. The van der Waals surface area contributed by atoms with Gasteiger partial charge in [0, 0.05) is 30.6 Å². The van der Waals surface area contributed by atoms with Crippen molar-refractivity contribution in [2.45, 2.75) is 31.7 Å². The summed E-state index contributed by atoms with van der Waals surface area (Å²) in [5.74, 6) is 0.785. The largest absolute Gasteiger partial charge is 0.337 e. The third-order valence-corrected chi connectivity index (χ3v) is 4.66. The van der Waals surface area contributed by atoms with Crippen LogP contribution in [-0.4, -0.2) is 42.2 Å². The second kappa shape index (κ2) is 7.91. The molecular formula is C15H23ClN2OS. The molecule has 0 radical (unpaired) electrons. The van der Waals surface area contributed by atoms with E-state index < -0.39 is 0 Å². The quantitative estimate of drug-likeness (QED) is 0.871. The Morgan fingerprint density at radius 3 is 2.85 bits per heavy atom. The van der Waals surface area contributed by atoms with E-state index in [0.29, 0.717) is 11.8 Å². The van der Waals surface area contributed by atoms with Gasteiger partial charge in [-0.05, 0) is 32.4 Å². The molecule has 1 aromatic carbocycles. The number of rotatable bonds is 3. The first-order valence-electron chi connectivity index (χ1n) is 6.78. The first-order valence-corrected chi connectivity index (χ1v) is 7.76. The van der Waals surface area contributed by atoms with Crippen molar-refractivity contribution in [3.05, 3.63) is 29.3 Å². The smallest absolute Gasteiger partial charge is 0.233 e. The van der Waals surface area contributed by atoms with Gasteiger partial charge >= 0.3 is 0 Å². The van der Waals surface area contributed by atoms with Gasteiger partial charge in [0.05, 0.1) is 5.75 Å². The third-order valence-electron chi connectivity index (χ3n) is 3.50. The van der Waals surface area contributed by atoms with E-state index in [4.69, 9.17) is 0 Å². The Bertz CT molecular complexity index is 467. The molecule has 1 amide bonds. The number of amides is 1. The second-order valence-corrected chi connectivity index (χ2v) is 6.22. The molecule has 1 atom stereocenters. The molecule has 112 valence electrons. The molecule has 1 heterocycles. The normalized spacial score (nSPS) is 18.6. The summed E-state index contributed by atoms with van der Waals surface area (Å²) in [5, 5.41) is 3.31. The number of hydrogen-bond donors (Lipinski definition) is 1. The summed E-state index contributed by atoms with van der Waals surface area (Å²) in [6.07, 6.45) is 0. The molecule has 5 heteroatoms. The molecule has 1 fully saturated rings. The molecule has 3 nitrogen and oxygen atoms in total. The molecule has 1 saturated heterocycles. The summed E-state index contributed by atoms with van der Waals surface area (Å²) in [6, 6.07) is 6.69. The molecule has 0 spiro atoms. The zero-order chi connectivity index (χ0) is 13.8. The van der Waals surface area contributed by atoms with E-state index >= 15 is 0 Å². The minimum Gasteiger partial charge on any atom is -0.337 e. The minimum absolute atomic E-state index is 0. The zero-order valence-electron chi connectivity index (χ0n) is 12.3. The van der Waals surface area contributed by atoms with E-state index in [-0.39, 0.29) is 18.3 Å². The van der Waals surface area contributed by atoms with E-state index in [2.05, 4.69) is 44.3 Å². The average molecular weight is 315 g/mol. The number of carbonyl (C=O) groups excluding carboxylic acids is 1. The predicted molar refractivity (Wildman–Crippen MR) is 87.9 cm³/mol. The van der Waals surface area contributed by atoms with Crippen molar-refractivity contribution < 1.29 is 4.79 Å². The van der Waals surface area contributed by atoms with Crippen LogP contribution in [0.15, 0.2) is 23.1 Å². The summed E-state index contributed by atoms with van der Waals surface area (Å²) in [7, 11) is 0. The Hall–Kier alpha value is -0.710. The number of halogens is 1. The van der Waals surface area contributed by atoms with Gasteiger partial charge in [-0.1, -0.05) is 17.7 Å². The molecular weight excluding hydrogens is 292 g/mol. The van der Waals surface area contributed by atoms with Crippen molar-refractivity contribution in [1.82, 2.24) is 10.2 Å². The van der Waals surface area contributed by atoms with Gasteiger partial charge in [0.25, 0.3) is 0 Å². The zero-order valence-corrected chi connectivity index (χ0v) is 13.9. The van der Waals surface area contributed by atoms with Gasteiger partial charge in [0.1, 0.15) is 0 Å². The third kappa shape index (κ3) is 4.40. The summed E-state index contributed by atoms with van der Waals surface area (Å²) < 4.78 is 0. The van der Waals surface area contributed by atoms with Gasteiger partial charge in [-0.15, -0.1) is 24.2 Å². The fraction of sp³-hybridized carbons (Fsp3) is 0.533. The fourth-order valence-electron chi connectivity index (χ4n) is 2.40. The number of aryl methyl sites for hydroxylation is 2. The Labute approximate surface area is 131 Å². The number of carbonyl (C=O) groups is 1. The number of piperazine rings is 1. The lowest BCUT2D eigenvalue weighted by Crippen LogP contribution is -2.52. The molecule has 0 saturated carbocycles. The minimum atomic E-state index is 0. The van der Waals surface area contributed by atoms with Gasteiger partial charge in [-0.3, -0.25) is 4.79 Å². The van der Waals surface area contributed by atoms with Crippen LogP contribution in [0.3, 0.4) is 0 Å². The topological polar surface area (TPSA) is 32.3 Å². The summed E-state index contributed by atoms with van der Waals surface area (Å²) in [6.45, 7) is 8.94. The predicted octanol–water partition coefficient (Wildman–Crippen LogP) is 2.64. The maximum absolute atomic E-state index is 12.2. The standard InChI is InChI=1S/C15H22N2OS.ClH/c1-11-4-5-14(12(2)8-11)19-10-15(18)17-7-6-16-9-13(17)3;/h4-5,8,13,16H,6-7,9-10H2,1-3H3;1H/t13-;/m1./s1. The van der Waals surface area contributed by atoms with Crippen LogP contribution in [0.4, 0.5) is 0 Å². The molecule has 2 rings (SSSR count). The highest BCUT2D eigenvalue weighted by atomic mass is 35.5. The Balaban J connectivity index is 0.00000200. The van der Waals surface area contributed by atoms with Gasteiger partial charge in [-0.25, -0.2) is 0 Å². The molecule has 1 aliphatic rings. The molecule has 0 aliphatic carbocycles. The summed E-state index contributed by atoms with van der Waals surface area (Å²) in [5.41, 5.74) is 2.52. The van der Waals surface area contributed by atoms with Crippen LogP contribution in [0.2, 0.25) is 0 Å². The second-order valence-electron chi connectivity index (χ2n) is 5.20. The van der Waals surface area contributed by atoms with Gasteiger partial charge in [0.15, 0.2) is 0 Å². The van der Waals surface area contributed by atoms with Crippen LogP contribution in [0, 0.1) is 13.8 Å². The molecule has 20 heavy (non-hydrogen) atoms. The van der Waals surface area contributed by atoms with Crippen molar-refractivity contribution in [2.75, 3.05) is 25.4 Å². The van der Waals surface area contributed by atoms with E-state index in [1.165, 1.54) is 16.0 Å². The molecule has 1 aliphatic heterocycles. The maximum Gasteiger partial charge on any atom is 0.233 e. The molecule has 0 aromatic heterocycles. The highest BCUT2D eigenvalue weighted by Gasteiger charge is 2.22. The van der Waals surface area contributed by atoms with E-state index in [9.17, 15) is 4.79 Å². The number of nitrogens with one attached hydrogen (secondary N) is 1. The Morgan fingerprint density at radius 1 is 1.45 bits per heavy atom. The first-order chi connectivity index (χ1) is 9.08. The van der Waals surface area contributed by atoms with Crippen LogP contribution in [0.5, 0.6) is 0 Å². The number of benzene rings is 1. The monoisotopic (exact) mass is 314 g/mol.